The summed E-state index contributed by atoms with van der Waals surface area (Å²) in [6.07, 6.45) is 0.551. The van der Waals surface area contributed by atoms with Crippen LogP contribution in [0.2, 0.25) is 0 Å². The molecule has 4 heteroatoms. The Hall–Kier alpha value is -1.00. The van der Waals surface area contributed by atoms with Crippen LogP contribution in [-0.2, 0) is 11.3 Å². The van der Waals surface area contributed by atoms with E-state index < -0.39 is 0 Å². The molecule has 17 heavy (non-hydrogen) atoms. The molecule has 1 aromatic rings. The van der Waals surface area contributed by atoms with Gasteiger partial charge in [0.15, 0.2) is 0 Å². The van der Waals surface area contributed by atoms with Crippen molar-refractivity contribution < 1.29 is 4.79 Å². The number of benzene rings is 1. The Morgan fingerprint density at radius 2 is 2.24 bits per heavy atom. The van der Waals surface area contributed by atoms with E-state index in [2.05, 4.69) is 11.4 Å². The van der Waals surface area contributed by atoms with Crippen molar-refractivity contribution >= 4 is 17.7 Å². The van der Waals surface area contributed by atoms with Crippen molar-refractivity contribution in [1.82, 2.24) is 5.32 Å². The lowest BCUT2D eigenvalue weighted by molar-refractivity contribution is -0.121. The van der Waals surface area contributed by atoms with Gasteiger partial charge in [0.05, 0.1) is 0 Å². The van der Waals surface area contributed by atoms with Gasteiger partial charge in [0.25, 0.3) is 0 Å². The van der Waals surface area contributed by atoms with Crippen LogP contribution in [0.3, 0.4) is 0 Å². The summed E-state index contributed by atoms with van der Waals surface area (Å²) in [5.41, 5.74) is 6.70. The van der Waals surface area contributed by atoms with Gasteiger partial charge in [-0.1, -0.05) is 12.1 Å². The van der Waals surface area contributed by atoms with Crippen LogP contribution in [-0.4, -0.2) is 17.7 Å². The van der Waals surface area contributed by atoms with Crippen molar-refractivity contribution in [3.8, 4) is 0 Å². The lowest BCUT2D eigenvalue weighted by atomic mass is 10.2. The van der Waals surface area contributed by atoms with Crippen LogP contribution in [0.15, 0.2) is 29.2 Å². The number of nitrogens with one attached hydrogen (secondary N) is 1. The number of carbonyl (C=O) groups is 1. The molecule has 0 heterocycles. The van der Waals surface area contributed by atoms with Crippen LogP contribution in [0.25, 0.3) is 0 Å². The molecule has 0 aliphatic rings. The van der Waals surface area contributed by atoms with Crippen molar-refractivity contribution in [1.29, 1.82) is 0 Å². The van der Waals surface area contributed by atoms with E-state index in [-0.39, 0.29) is 11.9 Å². The zero-order chi connectivity index (χ0) is 12.7. The molecule has 0 spiro atoms. The number of hydrogen-bond acceptors (Lipinski definition) is 3. The Kier molecular flexibility index (Phi) is 6.08. The average molecular weight is 252 g/mol. The highest BCUT2D eigenvalue weighted by Crippen LogP contribution is 2.19. The summed E-state index contributed by atoms with van der Waals surface area (Å²) in [5, 5.41) is 2.88. The van der Waals surface area contributed by atoms with Gasteiger partial charge in [0, 0.05) is 29.7 Å². The molecule has 1 rings (SSSR count). The first-order valence-electron chi connectivity index (χ1n) is 5.83. The molecule has 0 radical (unpaired) electrons. The SMILES string of the molecule is CC(C)NC(=O)CCSc1cccc(CN)c1. The first kappa shape index (κ1) is 14.1. The van der Waals surface area contributed by atoms with Crippen LogP contribution < -0.4 is 11.1 Å². The third-order valence-corrected chi connectivity index (χ3v) is 3.18. The van der Waals surface area contributed by atoms with Crippen molar-refractivity contribution in [3.05, 3.63) is 29.8 Å². The fourth-order valence-electron chi connectivity index (χ4n) is 1.42. The van der Waals surface area contributed by atoms with Gasteiger partial charge in [-0.3, -0.25) is 4.79 Å². The van der Waals surface area contributed by atoms with Crippen molar-refractivity contribution in [2.24, 2.45) is 5.73 Å². The molecular weight excluding hydrogens is 232 g/mol. The van der Waals surface area contributed by atoms with E-state index in [0.29, 0.717) is 13.0 Å². The molecule has 0 saturated carbocycles. The van der Waals surface area contributed by atoms with Gasteiger partial charge in [0.2, 0.25) is 5.91 Å². The Bertz CT molecular complexity index is 366. The van der Waals surface area contributed by atoms with Crippen LogP contribution >= 0.6 is 11.8 Å². The minimum atomic E-state index is 0.113. The second kappa shape index (κ2) is 7.35. The Balaban J connectivity index is 2.32. The summed E-state index contributed by atoms with van der Waals surface area (Å²) in [5.74, 6) is 0.912. The normalized spacial score (nSPS) is 10.6. The second-order valence-electron chi connectivity index (χ2n) is 4.17. The molecule has 94 valence electrons. The third-order valence-electron chi connectivity index (χ3n) is 2.18. The maximum Gasteiger partial charge on any atom is 0.221 e. The number of nitrogens with two attached hydrogens (primary N) is 1. The molecular formula is C13H20N2OS. The largest absolute Gasteiger partial charge is 0.354 e. The lowest BCUT2D eigenvalue weighted by Crippen LogP contribution is -2.30. The number of carbonyl (C=O) groups excluding carboxylic acids is 1. The van der Waals surface area contributed by atoms with Gasteiger partial charge in [-0.2, -0.15) is 0 Å². The summed E-state index contributed by atoms with van der Waals surface area (Å²) in [6, 6.07) is 8.34. The first-order chi connectivity index (χ1) is 8.11. The highest BCUT2D eigenvalue weighted by atomic mass is 32.2. The second-order valence-corrected chi connectivity index (χ2v) is 5.34. The van der Waals surface area contributed by atoms with E-state index in [4.69, 9.17) is 5.73 Å². The number of amides is 1. The molecule has 1 aromatic carbocycles. The van der Waals surface area contributed by atoms with Crippen molar-refractivity contribution in [3.63, 3.8) is 0 Å². The third kappa shape index (κ3) is 5.75. The number of hydrogen-bond donors (Lipinski definition) is 2. The predicted octanol–water partition coefficient (Wildman–Crippen LogP) is 2.15. The summed E-state index contributed by atoms with van der Waals surface area (Å²) < 4.78 is 0. The smallest absolute Gasteiger partial charge is 0.221 e. The lowest BCUT2D eigenvalue weighted by Gasteiger charge is -2.08. The van der Waals surface area contributed by atoms with E-state index in [0.717, 1.165) is 11.3 Å². The fraction of sp³-hybridized carbons (Fsp3) is 0.462. The zero-order valence-corrected chi connectivity index (χ0v) is 11.2. The van der Waals surface area contributed by atoms with Gasteiger partial charge >= 0.3 is 0 Å². The van der Waals surface area contributed by atoms with E-state index in [1.807, 2.05) is 32.0 Å². The van der Waals surface area contributed by atoms with E-state index in [9.17, 15) is 4.79 Å². The molecule has 0 bridgehead atoms. The minimum absolute atomic E-state index is 0.113. The Morgan fingerprint density at radius 1 is 1.47 bits per heavy atom. The molecule has 0 atom stereocenters. The highest BCUT2D eigenvalue weighted by molar-refractivity contribution is 7.99. The quantitative estimate of drug-likeness (QED) is 0.763. The van der Waals surface area contributed by atoms with E-state index in [1.165, 1.54) is 4.90 Å². The summed E-state index contributed by atoms with van der Waals surface area (Å²) in [6.45, 7) is 4.49. The topological polar surface area (TPSA) is 55.1 Å². The molecule has 0 fully saturated rings. The maximum atomic E-state index is 11.4. The predicted molar refractivity (Wildman–Crippen MR) is 73.0 cm³/mol. The maximum absolute atomic E-state index is 11.4. The van der Waals surface area contributed by atoms with Gasteiger partial charge < -0.3 is 11.1 Å². The zero-order valence-electron chi connectivity index (χ0n) is 10.4. The van der Waals surface area contributed by atoms with Gasteiger partial charge in [-0.15, -0.1) is 11.8 Å². The molecule has 0 unspecified atom stereocenters. The van der Waals surface area contributed by atoms with Crippen LogP contribution in [0, 0.1) is 0 Å². The number of rotatable bonds is 6. The van der Waals surface area contributed by atoms with Gasteiger partial charge in [0.1, 0.15) is 0 Å². The summed E-state index contributed by atoms with van der Waals surface area (Å²) in [4.78, 5) is 12.6. The molecule has 3 N–H and O–H groups in total. The van der Waals surface area contributed by atoms with E-state index >= 15 is 0 Å². The molecule has 0 aliphatic heterocycles. The highest BCUT2D eigenvalue weighted by Gasteiger charge is 2.03. The van der Waals surface area contributed by atoms with E-state index in [1.54, 1.807) is 11.8 Å². The van der Waals surface area contributed by atoms with Crippen LogP contribution in [0.5, 0.6) is 0 Å². The standard InChI is InChI=1S/C13H20N2OS/c1-10(2)15-13(16)6-7-17-12-5-3-4-11(8-12)9-14/h3-5,8,10H,6-7,9,14H2,1-2H3,(H,15,16). The minimum Gasteiger partial charge on any atom is -0.354 e. The Morgan fingerprint density at radius 3 is 2.88 bits per heavy atom. The monoisotopic (exact) mass is 252 g/mol. The van der Waals surface area contributed by atoms with Crippen molar-refractivity contribution in [2.45, 2.75) is 37.8 Å². The summed E-state index contributed by atoms with van der Waals surface area (Å²) >= 11 is 1.69. The first-order valence-corrected chi connectivity index (χ1v) is 6.81. The summed E-state index contributed by atoms with van der Waals surface area (Å²) in [7, 11) is 0. The molecule has 3 nitrogen and oxygen atoms in total. The molecule has 0 saturated heterocycles. The fourth-order valence-corrected chi connectivity index (χ4v) is 2.35. The Labute approximate surface area is 107 Å². The average Bonchev–Trinajstić information content (AvgIpc) is 2.28. The van der Waals surface area contributed by atoms with Crippen LogP contribution in [0.1, 0.15) is 25.8 Å². The van der Waals surface area contributed by atoms with Crippen LogP contribution in [0.4, 0.5) is 0 Å². The van der Waals surface area contributed by atoms with Crippen molar-refractivity contribution in [2.75, 3.05) is 5.75 Å². The van der Waals surface area contributed by atoms with Gasteiger partial charge in [-0.25, -0.2) is 0 Å². The number of thioether (sulfide) groups is 1. The van der Waals surface area contributed by atoms with Gasteiger partial charge in [-0.05, 0) is 31.5 Å². The molecule has 0 aliphatic carbocycles. The molecule has 0 aromatic heterocycles. The molecule has 1 amide bonds.